The third-order valence-electron chi connectivity index (χ3n) is 4.60. The molecule has 2 N–H and O–H groups in total. The number of nitrogens with two attached hydrogens (primary N) is 1. The van der Waals surface area contributed by atoms with Gasteiger partial charge in [-0.05, 0) is 60.7 Å². The van der Waals surface area contributed by atoms with E-state index >= 15 is 0 Å². The number of aryl methyl sites for hydroxylation is 2. The zero-order valence-electron chi connectivity index (χ0n) is 14.5. The Balaban J connectivity index is 1.72. The summed E-state index contributed by atoms with van der Waals surface area (Å²) in [6.07, 6.45) is 0.915. The van der Waals surface area contributed by atoms with Crippen molar-refractivity contribution >= 4 is 10.8 Å². The number of hydrogen-bond donors (Lipinski definition) is 1. The van der Waals surface area contributed by atoms with Gasteiger partial charge in [0, 0.05) is 0 Å². The van der Waals surface area contributed by atoms with Crippen LogP contribution in [0.5, 0.6) is 5.75 Å². The molecule has 0 saturated carbocycles. The average molecular weight is 319 g/mol. The molecule has 0 aliphatic heterocycles. The van der Waals surface area contributed by atoms with E-state index in [-0.39, 0.29) is 0 Å². The third kappa shape index (κ3) is 3.60. The molecule has 1 unspecified atom stereocenters. The molecule has 24 heavy (non-hydrogen) atoms. The fraction of sp³-hybridized carbons (Fsp3) is 0.273. The maximum Gasteiger partial charge on any atom is 0.122 e. The van der Waals surface area contributed by atoms with Crippen molar-refractivity contribution < 1.29 is 4.74 Å². The van der Waals surface area contributed by atoms with Crippen molar-refractivity contribution in [3.8, 4) is 5.75 Å². The van der Waals surface area contributed by atoms with Crippen molar-refractivity contribution in [2.45, 2.75) is 26.2 Å². The molecule has 3 aromatic rings. The van der Waals surface area contributed by atoms with Crippen LogP contribution in [0.4, 0.5) is 0 Å². The highest BCUT2D eigenvalue weighted by molar-refractivity contribution is 5.86. The Morgan fingerprint density at radius 2 is 1.75 bits per heavy atom. The van der Waals surface area contributed by atoms with E-state index in [9.17, 15) is 0 Å². The lowest BCUT2D eigenvalue weighted by Crippen LogP contribution is -2.16. The van der Waals surface area contributed by atoms with Crippen molar-refractivity contribution in [2.24, 2.45) is 5.73 Å². The van der Waals surface area contributed by atoms with E-state index in [4.69, 9.17) is 10.5 Å². The molecule has 3 aromatic carbocycles. The molecule has 0 heterocycles. The van der Waals surface area contributed by atoms with Gasteiger partial charge in [0.05, 0.1) is 6.61 Å². The first-order valence-electron chi connectivity index (χ1n) is 8.57. The van der Waals surface area contributed by atoms with Crippen molar-refractivity contribution in [1.82, 2.24) is 0 Å². The van der Waals surface area contributed by atoms with Crippen molar-refractivity contribution in [1.29, 1.82) is 0 Å². The molecular formula is C22H25NO. The summed E-state index contributed by atoms with van der Waals surface area (Å²) in [5.74, 6) is 1.27. The predicted octanol–water partition coefficient (Wildman–Crippen LogP) is 4.97. The Hall–Kier alpha value is -2.32. The molecule has 0 fully saturated rings. The van der Waals surface area contributed by atoms with Crippen LogP contribution in [0.2, 0.25) is 0 Å². The fourth-order valence-corrected chi connectivity index (χ4v) is 3.28. The molecule has 0 aliphatic rings. The first-order chi connectivity index (χ1) is 11.7. The Bertz CT molecular complexity index is 820. The zero-order valence-corrected chi connectivity index (χ0v) is 14.5. The van der Waals surface area contributed by atoms with E-state index in [0.29, 0.717) is 19.1 Å². The average Bonchev–Trinajstić information content (AvgIpc) is 2.60. The van der Waals surface area contributed by atoms with E-state index in [1.165, 1.54) is 27.5 Å². The van der Waals surface area contributed by atoms with Gasteiger partial charge in [-0.2, -0.15) is 0 Å². The minimum atomic E-state index is 0.307. The monoisotopic (exact) mass is 319 g/mol. The minimum absolute atomic E-state index is 0.307. The molecule has 0 saturated heterocycles. The smallest absolute Gasteiger partial charge is 0.122 e. The van der Waals surface area contributed by atoms with Crippen LogP contribution < -0.4 is 10.5 Å². The van der Waals surface area contributed by atoms with Crippen molar-refractivity contribution in [3.63, 3.8) is 0 Å². The summed E-state index contributed by atoms with van der Waals surface area (Å²) in [7, 11) is 0. The van der Waals surface area contributed by atoms with Crippen LogP contribution in [0.25, 0.3) is 10.8 Å². The second-order valence-electron chi connectivity index (χ2n) is 6.41. The van der Waals surface area contributed by atoms with Gasteiger partial charge in [-0.1, -0.05) is 60.2 Å². The van der Waals surface area contributed by atoms with E-state index in [2.05, 4.69) is 74.5 Å². The molecule has 0 radical (unpaired) electrons. The molecule has 0 spiro atoms. The molecule has 3 rings (SSSR count). The van der Waals surface area contributed by atoms with E-state index in [1.54, 1.807) is 0 Å². The molecule has 0 aromatic heterocycles. The van der Waals surface area contributed by atoms with E-state index < -0.39 is 0 Å². The summed E-state index contributed by atoms with van der Waals surface area (Å²) in [5.41, 5.74) is 9.83. The quantitative estimate of drug-likeness (QED) is 0.696. The van der Waals surface area contributed by atoms with Crippen molar-refractivity contribution in [3.05, 3.63) is 77.4 Å². The standard InChI is InChI=1S/C22H25NO/c1-16-10-11-22(17(2)14-16)24-13-12-19(15-23)21-9-5-7-18-6-3-4-8-20(18)21/h3-11,14,19H,12-13,15,23H2,1-2H3. The maximum absolute atomic E-state index is 6.07. The lowest BCUT2D eigenvalue weighted by molar-refractivity contribution is 0.297. The highest BCUT2D eigenvalue weighted by atomic mass is 16.5. The zero-order chi connectivity index (χ0) is 16.9. The Kier molecular flexibility index (Phi) is 5.17. The van der Waals surface area contributed by atoms with Crippen molar-refractivity contribution in [2.75, 3.05) is 13.2 Å². The first kappa shape index (κ1) is 16.5. The summed E-state index contributed by atoms with van der Waals surface area (Å²) in [5, 5.41) is 2.56. The number of ether oxygens (including phenoxy) is 1. The molecule has 124 valence electrons. The highest BCUT2D eigenvalue weighted by Gasteiger charge is 2.13. The second-order valence-corrected chi connectivity index (χ2v) is 6.41. The lowest BCUT2D eigenvalue weighted by atomic mass is 9.91. The van der Waals surface area contributed by atoms with Gasteiger partial charge in [0.15, 0.2) is 0 Å². The van der Waals surface area contributed by atoms with Crippen LogP contribution in [0, 0.1) is 13.8 Å². The van der Waals surface area contributed by atoms with Crippen LogP contribution in [-0.4, -0.2) is 13.2 Å². The Labute approximate surface area is 144 Å². The SMILES string of the molecule is Cc1ccc(OCCC(CN)c2cccc3ccccc23)c(C)c1. The van der Waals surface area contributed by atoms with Gasteiger partial charge in [-0.15, -0.1) is 0 Å². The number of hydrogen-bond acceptors (Lipinski definition) is 2. The molecule has 0 amide bonds. The van der Waals surface area contributed by atoms with Gasteiger partial charge in [0.25, 0.3) is 0 Å². The number of rotatable bonds is 6. The molecule has 2 nitrogen and oxygen atoms in total. The van der Waals surface area contributed by atoms with Gasteiger partial charge in [0.2, 0.25) is 0 Å². The van der Waals surface area contributed by atoms with Gasteiger partial charge >= 0.3 is 0 Å². The minimum Gasteiger partial charge on any atom is -0.493 e. The summed E-state index contributed by atoms with van der Waals surface area (Å²) < 4.78 is 6.00. The predicted molar refractivity (Wildman–Crippen MR) is 102 cm³/mol. The van der Waals surface area contributed by atoms with Gasteiger partial charge in [-0.25, -0.2) is 0 Å². The normalized spacial score (nSPS) is 12.3. The van der Waals surface area contributed by atoms with E-state index in [0.717, 1.165) is 12.2 Å². The van der Waals surface area contributed by atoms with Crippen LogP contribution >= 0.6 is 0 Å². The van der Waals surface area contributed by atoms with Gasteiger partial charge in [0.1, 0.15) is 5.75 Å². The molecule has 0 bridgehead atoms. The van der Waals surface area contributed by atoms with Crippen LogP contribution in [0.15, 0.2) is 60.7 Å². The molecule has 2 heteroatoms. The number of fused-ring (bicyclic) bond motifs is 1. The molecular weight excluding hydrogens is 294 g/mol. The summed E-state index contributed by atoms with van der Waals surface area (Å²) in [6.45, 7) is 5.49. The van der Waals surface area contributed by atoms with Crippen LogP contribution in [0.3, 0.4) is 0 Å². The largest absolute Gasteiger partial charge is 0.493 e. The summed E-state index contributed by atoms with van der Waals surface area (Å²) >= 11 is 0. The van der Waals surface area contributed by atoms with Gasteiger partial charge < -0.3 is 10.5 Å². The molecule has 0 aliphatic carbocycles. The number of benzene rings is 3. The summed E-state index contributed by atoms with van der Waals surface area (Å²) in [6, 6.07) is 21.3. The Morgan fingerprint density at radius 1 is 0.958 bits per heavy atom. The fourth-order valence-electron chi connectivity index (χ4n) is 3.28. The second kappa shape index (κ2) is 7.50. The summed E-state index contributed by atoms with van der Waals surface area (Å²) in [4.78, 5) is 0. The van der Waals surface area contributed by atoms with E-state index in [1.807, 2.05) is 0 Å². The van der Waals surface area contributed by atoms with Crippen LogP contribution in [-0.2, 0) is 0 Å². The van der Waals surface area contributed by atoms with Gasteiger partial charge in [-0.3, -0.25) is 0 Å². The highest BCUT2D eigenvalue weighted by Crippen LogP contribution is 2.28. The molecule has 1 atom stereocenters. The third-order valence-corrected chi connectivity index (χ3v) is 4.60. The lowest BCUT2D eigenvalue weighted by Gasteiger charge is -2.18. The first-order valence-corrected chi connectivity index (χ1v) is 8.57. The Morgan fingerprint density at radius 3 is 2.54 bits per heavy atom. The topological polar surface area (TPSA) is 35.2 Å². The maximum atomic E-state index is 6.07. The van der Waals surface area contributed by atoms with Crippen LogP contribution in [0.1, 0.15) is 29.0 Å².